The van der Waals surface area contributed by atoms with Crippen LogP contribution in [0.25, 0.3) is 75.5 Å². The van der Waals surface area contributed by atoms with Gasteiger partial charge in [-0.3, -0.25) is 0 Å². The predicted octanol–water partition coefficient (Wildman–Crippen LogP) is 19.4. The molecule has 2 aromatic heterocycles. The van der Waals surface area contributed by atoms with Crippen LogP contribution < -0.4 is 4.90 Å². The molecule has 0 fully saturated rings. The molecule has 1 unspecified atom stereocenters. The van der Waals surface area contributed by atoms with E-state index in [-0.39, 0.29) is 0 Å². The van der Waals surface area contributed by atoms with Crippen LogP contribution >= 0.6 is 11.3 Å². The molecular formula is C70H58N2S. The molecule has 0 N–H and O–H groups in total. The van der Waals surface area contributed by atoms with E-state index in [0.29, 0.717) is 0 Å². The van der Waals surface area contributed by atoms with Crippen LogP contribution in [0.1, 0.15) is 78.6 Å². The van der Waals surface area contributed by atoms with E-state index in [9.17, 15) is 0 Å². The molecule has 10 aromatic carbocycles. The van der Waals surface area contributed by atoms with E-state index in [1.54, 1.807) is 0 Å². The zero-order valence-electron chi connectivity index (χ0n) is 42.1. The second-order valence-electron chi connectivity index (χ2n) is 20.2. The Hall–Kier alpha value is -7.98. The molecule has 12 aromatic rings. The quantitative estimate of drug-likeness (QED) is 0.111. The first-order chi connectivity index (χ1) is 35.9. The highest BCUT2D eigenvalue weighted by atomic mass is 32.1. The summed E-state index contributed by atoms with van der Waals surface area (Å²) in [4.78, 5) is 2.52. The Morgan fingerprint density at radius 2 is 1.18 bits per heavy atom. The van der Waals surface area contributed by atoms with Crippen molar-refractivity contribution in [1.82, 2.24) is 4.57 Å². The average molecular weight is 959 g/mol. The average Bonchev–Trinajstić information content (AvgIpc) is 4.07. The second kappa shape index (κ2) is 18.3. The normalized spacial score (nSPS) is 14.4. The fourth-order valence-electron chi connectivity index (χ4n) is 12.3. The van der Waals surface area contributed by atoms with Gasteiger partial charge >= 0.3 is 0 Å². The van der Waals surface area contributed by atoms with Crippen molar-refractivity contribution >= 4 is 92.8 Å². The summed E-state index contributed by atoms with van der Waals surface area (Å²) in [6.45, 7) is 10.2. The first-order valence-corrected chi connectivity index (χ1v) is 27.1. The lowest BCUT2D eigenvalue weighted by atomic mass is 9.73. The molecule has 2 nitrogen and oxygen atoms in total. The zero-order valence-corrected chi connectivity index (χ0v) is 42.9. The number of aromatic nitrogens is 1. The van der Waals surface area contributed by atoms with Crippen molar-refractivity contribution in [3.8, 4) is 11.1 Å². The number of aryl methyl sites for hydroxylation is 3. The largest absolute Gasteiger partial charge is 0.340 e. The minimum Gasteiger partial charge on any atom is -0.340 e. The number of rotatable bonds is 12. The van der Waals surface area contributed by atoms with Gasteiger partial charge in [0.25, 0.3) is 0 Å². The number of anilines is 3. The van der Waals surface area contributed by atoms with Crippen molar-refractivity contribution in [3.05, 3.63) is 257 Å². The molecule has 1 atom stereocenters. The Bertz CT molecular complexity index is 4080. The van der Waals surface area contributed by atoms with Crippen molar-refractivity contribution in [2.75, 3.05) is 4.90 Å². The molecule has 73 heavy (non-hydrogen) atoms. The maximum absolute atomic E-state index is 2.56. The third-order valence-electron chi connectivity index (χ3n) is 15.9. The summed E-state index contributed by atoms with van der Waals surface area (Å²) in [5, 5.41) is 7.80. The number of para-hydroxylation sites is 1. The molecule has 3 heteroatoms. The highest BCUT2D eigenvalue weighted by Gasteiger charge is 2.43. The number of thiophene rings is 1. The third kappa shape index (κ3) is 7.43. The smallest absolute Gasteiger partial charge is 0.0543 e. The van der Waals surface area contributed by atoms with E-state index in [1.807, 2.05) is 11.3 Å². The summed E-state index contributed by atoms with van der Waals surface area (Å²) < 4.78 is 5.19. The predicted molar refractivity (Wildman–Crippen MR) is 315 cm³/mol. The summed E-state index contributed by atoms with van der Waals surface area (Å²) in [6.07, 6.45) is 6.29. The van der Waals surface area contributed by atoms with Gasteiger partial charge in [-0.1, -0.05) is 191 Å². The molecule has 1 aliphatic rings. The maximum atomic E-state index is 2.56. The summed E-state index contributed by atoms with van der Waals surface area (Å²) in [7, 11) is 0. The highest BCUT2D eigenvalue weighted by molar-refractivity contribution is 7.26. The number of hydrogen-bond acceptors (Lipinski definition) is 2. The van der Waals surface area contributed by atoms with Gasteiger partial charge in [0, 0.05) is 70.7 Å². The first-order valence-electron chi connectivity index (χ1n) is 26.3. The van der Waals surface area contributed by atoms with Crippen LogP contribution in [-0.4, -0.2) is 4.57 Å². The molecular weight excluding hydrogens is 901 g/mol. The Kier molecular flexibility index (Phi) is 11.2. The molecule has 1 aliphatic carbocycles. The maximum Gasteiger partial charge on any atom is 0.0543 e. The zero-order chi connectivity index (χ0) is 49.2. The van der Waals surface area contributed by atoms with E-state index < -0.39 is 5.41 Å². The Morgan fingerprint density at radius 1 is 0.521 bits per heavy atom. The molecule has 2 heterocycles. The van der Waals surface area contributed by atoms with E-state index in [2.05, 4.69) is 256 Å². The van der Waals surface area contributed by atoms with Crippen molar-refractivity contribution in [1.29, 1.82) is 0 Å². The Labute approximate surface area is 433 Å². The minimum atomic E-state index is -0.448. The molecule has 354 valence electrons. The summed E-state index contributed by atoms with van der Waals surface area (Å²) in [6, 6.07) is 80.5. The van der Waals surface area contributed by atoms with Crippen LogP contribution in [0.5, 0.6) is 0 Å². The standard InChI is InChI=1S/C70H58N2S/c1-5-38-71-64-32-15-13-26-55(64)57-36-34-49(44-65(57)71)40-50(54-30-19-31-60-58-28-14-16-33-67(58)73-69(54)60)39-48-35-37-61-62(43-48)70(4,51-22-9-8-10-23-51)63-45-66(56-27-11-12-29-59(56)68(61)63)72(52-24-17-20-46(6-2)41-52)53-25-18-21-47(7-3)42-53/h8-37,40-45H,5-7,38-39H2,1-4H3/b50-40-. The van der Waals surface area contributed by atoms with E-state index >= 15 is 0 Å². The molecule has 0 aliphatic heterocycles. The van der Waals surface area contributed by atoms with Gasteiger partial charge in [0.05, 0.1) is 5.69 Å². The van der Waals surface area contributed by atoms with Crippen LogP contribution in [0.15, 0.2) is 212 Å². The van der Waals surface area contributed by atoms with E-state index in [1.165, 1.54) is 131 Å². The van der Waals surface area contributed by atoms with Gasteiger partial charge in [0.2, 0.25) is 0 Å². The summed E-state index contributed by atoms with van der Waals surface area (Å²) >= 11 is 1.92. The molecule has 0 saturated carbocycles. The number of benzene rings is 10. The van der Waals surface area contributed by atoms with Crippen LogP contribution in [0.3, 0.4) is 0 Å². The third-order valence-corrected chi connectivity index (χ3v) is 17.1. The summed E-state index contributed by atoms with van der Waals surface area (Å²) in [5.41, 5.74) is 20.1. The van der Waals surface area contributed by atoms with Crippen molar-refractivity contribution in [2.24, 2.45) is 0 Å². The number of fused-ring (bicyclic) bond motifs is 11. The lowest BCUT2D eigenvalue weighted by Crippen LogP contribution is -2.23. The van der Waals surface area contributed by atoms with Crippen molar-refractivity contribution < 1.29 is 0 Å². The molecule has 13 rings (SSSR count). The van der Waals surface area contributed by atoms with E-state index in [4.69, 9.17) is 0 Å². The van der Waals surface area contributed by atoms with Gasteiger partial charge in [0.1, 0.15) is 0 Å². The Morgan fingerprint density at radius 3 is 1.93 bits per heavy atom. The monoisotopic (exact) mass is 958 g/mol. The molecule has 0 bridgehead atoms. The number of nitrogens with zero attached hydrogens (tertiary/aromatic N) is 2. The lowest BCUT2D eigenvalue weighted by molar-refractivity contribution is 0.713. The molecule has 0 spiro atoms. The number of hydrogen-bond donors (Lipinski definition) is 0. The van der Waals surface area contributed by atoms with Crippen molar-refractivity contribution in [2.45, 2.75) is 65.3 Å². The fraction of sp³-hybridized carbons (Fsp3) is 0.143. The Balaban J connectivity index is 1.02. The first kappa shape index (κ1) is 44.9. The molecule has 0 amide bonds. The van der Waals surface area contributed by atoms with Gasteiger partial charge in [0.15, 0.2) is 0 Å². The van der Waals surface area contributed by atoms with Crippen LogP contribution in [0, 0.1) is 0 Å². The SMILES string of the molecule is CCCn1c2ccccc2c2ccc(/C=C(/Cc3ccc4c(c3)C(C)(c3ccccc3)c3cc(N(c5cccc(CC)c5)c5cccc(CC)c5)c5ccccc5c3-4)c3cccc4c3sc3ccccc34)cc21. The second-order valence-corrected chi connectivity index (χ2v) is 21.2. The van der Waals surface area contributed by atoms with Gasteiger partial charge in [-0.25, -0.2) is 0 Å². The fourth-order valence-corrected chi connectivity index (χ4v) is 13.6. The molecule has 0 radical (unpaired) electrons. The van der Waals surface area contributed by atoms with E-state index in [0.717, 1.165) is 32.2 Å². The lowest BCUT2D eigenvalue weighted by Gasteiger charge is -2.32. The van der Waals surface area contributed by atoms with Gasteiger partial charge in [-0.05, 0) is 148 Å². The van der Waals surface area contributed by atoms with Crippen LogP contribution in [-0.2, 0) is 31.2 Å². The topological polar surface area (TPSA) is 8.17 Å². The minimum absolute atomic E-state index is 0.448. The van der Waals surface area contributed by atoms with Crippen LogP contribution in [0.2, 0.25) is 0 Å². The molecule has 0 saturated heterocycles. The highest BCUT2D eigenvalue weighted by Crippen LogP contribution is 2.57. The van der Waals surface area contributed by atoms with Gasteiger partial charge in [-0.15, -0.1) is 11.3 Å². The number of allylic oxidation sites excluding steroid dienone is 1. The van der Waals surface area contributed by atoms with Crippen LogP contribution in [0.4, 0.5) is 17.1 Å². The van der Waals surface area contributed by atoms with Gasteiger partial charge < -0.3 is 9.47 Å². The summed E-state index contributed by atoms with van der Waals surface area (Å²) in [5.74, 6) is 0. The van der Waals surface area contributed by atoms with Crippen molar-refractivity contribution in [3.63, 3.8) is 0 Å². The van der Waals surface area contributed by atoms with Gasteiger partial charge in [-0.2, -0.15) is 0 Å².